The largest absolute Gasteiger partial charge is 0.493 e. The van der Waals surface area contributed by atoms with Gasteiger partial charge in [-0.1, -0.05) is 12.1 Å². The summed E-state index contributed by atoms with van der Waals surface area (Å²) in [6, 6.07) is 16.3. The van der Waals surface area contributed by atoms with E-state index in [1.807, 2.05) is 37.3 Å². The molecule has 0 amide bonds. The van der Waals surface area contributed by atoms with Gasteiger partial charge in [-0.2, -0.15) is 13.2 Å². The Hall–Kier alpha value is -4.02. The van der Waals surface area contributed by atoms with Gasteiger partial charge in [-0.05, 0) is 67.8 Å². The van der Waals surface area contributed by atoms with E-state index in [2.05, 4.69) is 9.72 Å². The molecule has 210 valence electrons. The summed E-state index contributed by atoms with van der Waals surface area (Å²) in [5.74, 6) is 2.27. The first-order valence-corrected chi connectivity index (χ1v) is 12.9. The third-order valence-electron chi connectivity index (χ3n) is 6.46. The van der Waals surface area contributed by atoms with Gasteiger partial charge in [0.15, 0.2) is 0 Å². The fourth-order valence-electron chi connectivity index (χ4n) is 4.47. The van der Waals surface area contributed by atoms with Crippen molar-refractivity contribution in [2.45, 2.75) is 45.2 Å². The second kappa shape index (κ2) is 12.0. The Kier molecular flexibility index (Phi) is 8.27. The van der Waals surface area contributed by atoms with Gasteiger partial charge in [-0.25, -0.2) is 0 Å². The Balaban J connectivity index is 1.19. The quantitative estimate of drug-likeness (QED) is 0.161. The molecule has 0 spiro atoms. The van der Waals surface area contributed by atoms with E-state index in [1.165, 1.54) is 0 Å². The predicted molar refractivity (Wildman–Crippen MR) is 143 cm³/mol. The fourth-order valence-corrected chi connectivity index (χ4v) is 4.47. The monoisotopic (exact) mass is 554 g/mol. The molecule has 5 rings (SSSR count). The smallest absolute Gasteiger partial charge is 0.411 e. The van der Waals surface area contributed by atoms with Crippen LogP contribution in [0, 0.1) is 6.92 Å². The summed E-state index contributed by atoms with van der Waals surface area (Å²) >= 11 is 0. The highest BCUT2D eigenvalue weighted by Crippen LogP contribution is 2.34. The van der Waals surface area contributed by atoms with Gasteiger partial charge >= 0.3 is 6.18 Å². The number of benzene rings is 2. The summed E-state index contributed by atoms with van der Waals surface area (Å²) in [6.07, 6.45) is 0.682. The lowest BCUT2D eigenvalue weighted by atomic mass is 10.1. The summed E-state index contributed by atoms with van der Waals surface area (Å²) in [5, 5.41) is 1.59. The third kappa shape index (κ3) is 6.75. The van der Waals surface area contributed by atoms with Crippen molar-refractivity contribution >= 4 is 21.9 Å². The van der Waals surface area contributed by atoms with Gasteiger partial charge < -0.3 is 28.8 Å². The van der Waals surface area contributed by atoms with Crippen LogP contribution in [-0.4, -0.2) is 24.4 Å². The zero-order valence-corrected chi connectivity index (χ0v) is 21.9. The number of hydrogen-bond donors (Lipinski definition) is 1. The number of hydrogen-bond acceptors (Lipinski definition) is 7. The molecule has 0 saturated carbocycles. The number of ether oxygens (including phenoxy) is 3. The second-order valence-corrected chi connectivity index (χ2v) is 9.47. The van der Waals surface area contributed by atoms with E-state index in [0.29, 0.717) is 40.4 Å². The van der Waals surface area contributed by atoms with Crippen LogP contribution in [0.3, 0.4) is 0 Å². The Morgan fingerprint density at radius 1 is 0.975 bits per heavy atom. The summed E-state index contributed by atoms with van der Waals surface area (Å²) in [7, 11) is 0. The lowest BCUT2D eigenvalue weighted by molar-refractivity contribution is -0.177. The van der Waals surface area contributed by atoms with Gasteiger partial charge in [-0.3, -0.25) is 4.98 Å². The molecule has 40 heavy (non-hydrogen) atoms. The highest BCUT2D eigenvalue weighted by Gasteiger charge is 2.27. The van der Waals surface area contributed by atoms with Crippen LogP contribution < -0.4 is 15.2 Å². The molecule has 7 nitrogen and oxygen atoms in total. The number of halogens is 3. The Morgan fingerprint density at radius 2 is 1.85 bits per heavy atom. The highest BCUT2D eigenvalue weighted by molar-refractivity contribution is 5.88. The van der Waals surface area contributed by atoms with Crippen LogP contribution in [0.15, 0.2) is 75.8 Å². The van der Waals surface area contributed by atoms with Crippen molar-refractivity contribution in [2.75, 3.05) is 13.2 Å². The number of aromatic nitrogens is 1. The van der Waals surface area contributed by atoms with Crippen molar-refractivity contribution in [3.63, 3.8) is 0 Å². The summed E-state index contributed by atoms with van der Waals surface area (Å²) in [6.45, 7) is 1.05. The first-order valence-electron chi connectivity index (χ1n) is 12.9. The molecule has 1 atom stereocenters. The van der Waals surface area contributed by atoms with E-state index in [4.69, 9.17) is 24.0 Å². The summed E-state index contributed by atoms with van der Waals surface area (Å²) in [4.78, 5) is 4.12. The number of fused-ring (bicyclic) bond motifs is 2. The number of nitrogens with zero attached hydrogens (tertiary/aromatic N) is 1. The van der Waals surface area contributed by atoms with Crippen molar-refractivity contribution in [3.8, 4) is 11.5 Å². The number of pyridine rings is 1. The van der Waals surface area contributed by atoms with Gasteiger partial charge in [0.2, 0.25) is 0 Å². The summed E-state index contributed by atoms with van der Waals surface area (Å²) < 4.78 is 65.3. The number of furan rings is 2. The maximum atomic E-state index is 12.3. The van der Waals surface area contributed by atoms with Crippen LogP contribution in [0.5, 0.6) is 11.5 Å². The average molecular weight is 555 g/mol. The predicted octanol–water partition coefficient (Wildman–Crippen LogP) is 7.40. The number of nitrogens with two attached hydrogens (primary N) is 1. The molecule has 0 aliphatic rings. The molecule has 0 fully saturated rings. The SMILES string of the molecule is Cc1c(COc2ccc3oc(COCC(F)(F)F)cc3c2)oc2cccc(OCCCC(N)c3cccnc3)c12. The lowest BCUT2D eigenvalue weighted by Crippen LogP contribution is -2.16. The normalized spacial score (nSPS) is 12.7. The molecule has 2 N–H and O–H groups in total. The molecule has 3 aromatic heterocycles. The van der Waals surface area contributed by atoms with Crippen LogP contribution in [0.1, 0.15) is 41.5 Å². The van der Waals surface area contributed by atoms with Gasteiger partial charge in [0.25, 0.3) is 0 Å². The van der Waals surface area contributed by atoms with Crippen molar-refractivity contribution in [1.29, 1.82) is 0 Å². The molecular formula is C30H29F3N2O5. The minimum absolute atomic E-state index is 0.0944. The van der Waals surface area contributed by atoms with Crippen molar-refractivity contribution in [2.24, 2.45) is 5.73 Å². The average Bonchev–Trinajstić information content (AvgIpc) is 3.49. The van der Waals surface area contributed by atoms with Crippen LogP contribution in [0.25, 0.3) is 21.9 Å². The van der Waals surface area contributed by atoms with Crippen molar-refractivity contribution in [3.05, 3.63) is 89.6 Å². The zero-order valence-electron chi connectivity index (χ0n) is 21.9. The molecule has 0 saturated heterocycles. The Bertz CT molecular complexity index is 1560. The molecule has 3 heterocycles. The molecule has 5 aromatic rings. The van der Waals surface area contributed by atoms with E-state index in [-0.39, 0.29) is 19.3 Å². The fraction of sp³-hybridized carbons (Fsp3) is 0.300. The topological polar surface area (TPSA) is 92.9 Å². The maximum absolute atomic E-state index is 12.3. The van der Waals surface area contributed by atoms with Gasteiger partial charge in [0, 0.05) is 29.4 Å². The highest BCUT2D eigenvalue weighted by atomic mass is 19.4. The standard InChI is InChI=1S/C30H29F3N2O5/c1-19-28(17-38-22-9-10-25-21(13-22)14-23(39-25)16-36-18-30(31,32)33)40-27-8-2-7-26(29(19)27)37-12-4-6-24(34)20-5-3-11-35-15-20/h2-3,5,7-11,13-15,24H,4,6,12,16-18,34H2,1H3. The molecule has 0 bridgehead atoms. The Morgan fingerprint density at radius 3 is 2.65 bits per heavy atom. The molecular weight excluding hydrogens is 525 g/mol. The molecule has 0 radical (unpaired) electrons. The van der Waals surface area contributed by atoms with Gasteiger partial charge in [0.1, 0.15) is 54.0 Å². The zero-order chi connectivity index (χ0) is 28.1. The van der Waals surface area contributed by atoms with E-state index in [1.54, 1.807) is 36.7 Å². The maximum Gasteiger partial charge on any atom is 0.411 e. The van der Waals surface area contributed by atoms with Crippen molar-refractivity contribution < 1.29 is 36.2 Å². The number of alkyl halides is 3. The Labute approximate surface area is 228 Å². The van der Waals surface area contributed by atoms with E-state index in [9.17, 15) is 13.2 Å². The van der Waals surface area contributed by atoms with E-state index < -0.39 is 12.8 Å². The van der Waals surface area contributed by atoms with Crippen molar-refractivity contribution in [1.82, 2.24) is 4.98 Å². The van der Waals surface area contributed by atoms with Gasteiger partial charge in [-0.15, -0.1) is 0 Å². The van der Waals surface area contributed by atoms with Crippen LogP contribution in [0.4, 0.5) is 13.2 Å². The summed E-state index contributed by atoms with van der Waals surface area (Å²) in [5.41, 5.74) is 9.42. The van der Waals surface area contributed by atoms with Crippen LogP contribution in [0.2, 0.25) is 0 Å². The van der Waals surface area contributed by atoms with Gasteiger partial charge in [0.05, 0.1) is 12.0 Å². The molecule has 2 aromatic carbocycles. The molecule has 0 aliphatic carbocycles. The third-order valence-corrected chi connectivity index (χ3v) is 6.46. The van der Waals surface area contributed by atoms with E-state index >= 15 is 0 Å². The van der Waals surface area contributed by atoms with E-state index in [0.717, 1.165) is 35.1 Å². The lowest BCUT2D eigenvalue weighted by Gasteiger charge is -2.12. The first-order chi connectivity index (χ1) is 19.3. The number of aryl methyl sites for hydroxylation is 1. The number of rotatable bonds is 12. The second-order valence-electron chi connectivity index (χ2n) is 9.47. The molecule has 10 heteroatoms. The minimum atomic E-state index is -4.39. The minimum Gasteiger partial charge on any atom is -0.493 e. The molecule has 1 unspecified atom stereocenters. The molecule has 0 aliphatic heterocycles. The van der Waals surface area contributed by atoms with Crippen LogP contribution in [-0.2, 0) is 18.0 Å². The van der Waals surface area contributed by atoms with Crippen LogP contribution >= 0.6 is 0 Å². The first kappa shape index (κ1) is 27.5.